The van der Waals surface area contributed by atoms with Crippen LogP contribution in [0.5, 0.6) is 0 Å². The Balaban J connectivity index is 1.61. The molecule has 1 aromatic carbocycles. The van der Waals surface area contributed by atoms with E-state index in [4.69, 9.17) is 0 Å². The van der Waals surface area contributed by atoms with Gasteiger partial charge in [0.2, 0.25) is 5.91 Å². The van der Waals surface area contributed by atoms with Gasteiger partial charge in [-0.2, -0.15) is 0 Å². The lowest BCUT2D eigenvalue weighted by Crippen LogP contribution is -2.40. The zero-order valence-electron chi connectivity index (χ0n) is 13.1. The molecule has 126 valence electrons. The summed E-state index contributed by atoms with van der Waals surface area (Å²) < 4.78 is 0. The van der Waals surface area contributed by atoms with E-state index in [1.807, 2.05) is 0 Å². The van der Waals surface area contributed by atoms with Gasteiger partial charge < -0.3 is 15.7 Å². The lowest BCUT2D eigenvalue weighted by molar-refractivity contribution is -0.384. The minimum Gasteiger partial charge on any atom is -0.388 e. The monoisotopic (exact) mass is 321 g/mol. The SMILES string of the molecule is O=C(CCCNc1ccc([N+](=O)[O-])cc1)NCC1(O)CCCC1. The summed E-state index contributed by atoms with van der Waals surface area (Å²) in [6.45, 7) is 0.942. The number of nitrogens with one attached hydrogen (secondary N) is 2. The van der Waals surface area contributed by atoms with E-state index in [2.05, 4.69) is 10.6 Å². The van der Waals surface area contributed by atoms with Crippen LogP contribution in [0.4, 0.5) is 11.4 Å². The maximum atomic E-state index is 11.7. The molecule has 1 saturated carbocycles. The molecule has 0 radical (unpaired) electrons. The summed E-state index contributed by atoms with van der Waals surface area (Å²) >= 11 is 0. The summed E-state index contributed by atoms with van der Waals surface area (Å²) in [7, 11) is 0. The fraction of sp³-hybridized carbons (Fsp3) is 0.562. The van der Waals surface area contributed by atoms with Crippen LogP contribution < -0.4 is 10.6 Å². The fourth-order valence-electron chi connectivity index (χ4n) is 2.74. The van der Waals surface area contributed by atoms with E-state index < -0.39 is 10.5 Å². The van der Waals surface area contributed by atoms with Gasteiger partial charge in [0.05, 0.1) is 10.5 Å². The number of rotatable bonds is 8. The predicted molar refractivity (Wildman–Crippen MR) is 87.2 cm³/mol. The van der Waals surface area contributed by atoms with E-state index in [0.29, 0.717) is 25.9 Å². The van der Waals surface area contributed by atoms with E-state index in [1.165, 1.54) is 12.1 Å². The number of benzene rings is 1. The highest BCUT2D eigenvalue weighted by molar-refractivity contribution is 5.76. The fourth-order valence-corrected chi connectivity index (χ4v) is 2.74. The summed E-state index contributed by atoms with van der Waals surface area (Å²) in [6, 6.07) is 6.18. The standard InChI is InChI=1S/C16H23N3O4/c20-15(18-12-16(21)9-1-2-10-16)4-3-11-17-13-5-7-14(8-6-13)19(22)23/h5-8,17,21H,1-4,9-12H2,(H,18,20). The third kappa shape index (κ3) is 5.52. The molecule has 0 spiro atoms. The van der Waals surface area contributed by atoms with Crippen molar-refractivity contribution in [2.45, 2.75) is 44.1 Å². The molecule has 0 aliphatic heterocycles. The molecule has 1 aromatic rings. The zero-order valence-corrected chi connectivity index (χ0v) is 13.1. The molecule has 23 heavy (non-hydrogen) atoms. The molecule has 0 saturated heterocycles. The van der Waals surface area contributed by atoms with Crippen LogP contribution in [-0.4, -0.2) is 34.6 Å². The third-order valence-electron chi connectivity index (χ3n) is 4.14. The average Bonchev–Trinajstić information content (AvgIpc) is 2.97. The molecule has 0 unspecified atom stereocenters. The Morgan fingerprint density at radius 3 is 2.52 bits per heavy atom. The van der Waals surface area contributed by atoms with Gasteiger partial charge in [-0.25, -0.2) is 0 Å². The minimum atomic E-state index is -0.716. The molecular weight excluding hydrogens is 298 g/mol. The van der Waals surface area contributed by atoms with Gasteiger partial charge in [0.25, 0.3) is 5.69 Å². The van der Waals surface area contributed by atoms with E-state index >= 15 is 0 Å². The van der Waals surface area contributed by atoms with Crippen molar-refractivity contribution in [1.82, 2.24) is 5.32 Å². The van der Waals surface area contributed by atoms with Crippen LogP contribution in [0.3, 0.4) is 0 Å². The van der Waals surface area contributed by atoms with Gasteiger partial charge >= 0.3 is 0 Å². The van der Waals surface area contributed by atoms with Gasteiger partial charge in [0.1, 0.15) is 0 Å². The number of hydrogen-bond donors (Lipinski definition) is 3. The summed E-state index contributed by atoms with van der Waals surface area (Å²) in [4.78, 5) is 21.9. The highest BCUT2D eigenvalue weighted by atomic mass is 16.6. The topological polar surface area (TPSA) is 104 Å². The Labute approximate surface area is 135 Å². The summed E-state index contributed by atoms with van der Waals surface area (Å²) in [5, 5.41) is 26.6. The second-order valence-corrected chi connectivity index (χ2v) is 6.04. The second kappa shape index (κ2) is 7.92. The molecule has 1 amide bonds. The van der Waals surface area contributed by atoms with Gasteiger partial charge in [-0.1, -0.05) is 12.8 Å². The number of amides is 1. The van der Waals surface area contributed by atoms with Crippen molar-refractivity contribution in [1.29, 1.82) is 0 Å². The Morgan fingerprint density at radius 1 is 1.26 bits per heavy atom. The van der Waals surface area contributed by atoms with Crippen molar-refractivity contribution in [3.8, 4) is 0 Å². The number of non-ortho nitro benzene ring substituents is 1. The number of anilines is 1. The van der Waals surface area contributed by atoms with Crippen molar-refractivity contribution in [2.75, 3.05) is 18.4 Å². The van der Waals surface area contributed by atoms with Crippen LogP contribution in [0.2, 0.25) is 0 Å². The van der Waals surface area contributed by atoms with Gasteiger partial charge in [-0.15, -0.1) is 0 Å². The van der Waals surface area contributed by atoms with Crippen molar-refractivity contribution < 1.29 is 14.8 Å². The smallest absolute Gasteiger partial charge is 0.269 e. The summed E-state index contributed by atoms with van der Waals surface area (Å²) in [5.41, 5.74) is 0.128. The quantitative estimate of drug-likeness (QED) is 0.387. The molecule has 7 nitrogen and oxygen atoms in total. The Kier molecular flexibility index (Phi) is 5.92. The molecule has 1 aliphatic carbocycles. The molecule has 1 fully saturated rings. The second-order valence-electron chi connectivity index (χ2n) is 6.04. The molecule has 0 bridgehead atoms. The molecular formula is C16H23N3O4. The summed E-state index contributed by atoms with van der Waals surface area (Å²) in [5.74, 6) is -0.0594. The maximum Gasteiger partial charge on any atom is 0.269 e. The zero-order chi connectivity index (χ0) is 16.7. The van der Waals surface area contributed by atoms with E-state index in [0.717, 1.165) is 31.4 Å². The lowest BCUT2D eigenvalue weighted by atomic mass is 10.0. The average molecular weight is 321 g/mol. The van der Waals surface area contributed by atoms with E-state index in [1.54, 1.807) is 12.1 Å². The van der Waals surface area contributed by atoms with Crippen LogP contribution in [0, 0.1) is 10.1 Å². The third-order valence-corrected chi connectivity index (χ3v) is 4.14. The van der Waals surface area contributed by atoms with Gasteiger partial charge in [0, 0.05) is 37.3 Å². The molecule has 2 rings (SSSR count). The van der Waals surface area contributed by atoms with Crippen LogP contribution in [0.15, 0.2) is 24.3 Å². The van der Waals surface area contributed by atoms with Crippen LogP contribution >= 0.6 is 0 Å². The Hall–Kier alpha value is -2.15. The van der Waals surface area contributed by atoms with Crippen molar-refractivity contribution in [3.63, 3.8) is 0 Å². The number of nitro groups is 1. The van der Waals surface area contributed by atoms with Crippen molar-refractivity contribution in [3.05, 3.63) is 34.4 Å². The number of aliphatic hydroxyl groups is 1. The van der Waals surface area contributed by atoms with Crippen LogP contribution in [-0.2, 0) is 4.79 Å². The Bertz CT molecular complexity index is 539. The molecule has 3 N–H and O–H groups in total. The summed E-state index contributed by atoms with van der Waals surface area (Å²) in [6.07, 6.45) is 4.60. The first kappa shape index (κ1) is 17.2. The number of carbonyl (C=O) groups excluding carboxylic acids is 1. The van der Waals surface area contributed by atoms with Crippen LogP contribution in [0.1, 0.15) is 38.5 Å². The normalized spacial score (nSPS) is 16.0. The largest absolute Gasteiger partial charge is 0.388 e. The molecule has 1 aliphatic rings. The number of nitro benzene ring substituents is 1. The molecule has 0 atom stereocenters. The van der Waals surface area contributed by atoms with Gasteiger partial charge in [-0.05, 0) is 31.4 Å². The van der Waals surface area contributed by atoms with Crippen molar-refractivity contribution in [2.24, 2.45) is 0 Å². The van der Waals surface area contributed by atoms with E-state index in [9.17, 15) is 20.0 Å². The first-order valence-electron chi connectivity index (χ1n) is 7.96. The van der Waals surface area contributed by atoms with E-state index in [-0.39, 0.29) is 11.6 Å². The predicted octanol–water partition coefficient (Wildman–Crippen LogP) is 2.21. The number of nitrogens with zero attached hydrogens (tertiary/aromatic N) is 1. The first-order chi connectivity index (χ1) is 11.0. The van der Waals surface area contributed by atoms with Gasteiger partial charge in [-0.3, -0.25) is 14.9 Å². The molecule has 7 heteroatoms. The molecule has 0 heterocycles. The number of hydrogen-bond acceptors (Lipinski definition) is 5. The Morgan fingerprint density at radius 2 is 1.91 bits per heavy atom. The minimum absolute atomic E-state index is 0.0553. The highest BCUT2D eigenvalue weighted by Crippen LogP contribution is 2.28. The maximum absolute atomic E-state index is 11.7. The molecule has 0 aromatic heterocycles. The van der Waals surface area contributed by atoms with Crippen molar-refractivity contribution >= 4 is 17.3 Å². The lowest BCUT2D eigenvalue weighted by Gasteiger charge is -2.22. The highest BCUT2D eigenvalue weighted by Gasteiger charge is 2.31. The number of carbonyl (C=O) groups is 1. The van der Waals surface area contributed by atoms with Crippen LogP contribution in [0.25, 0.3) is 0 Å². The van der Waals surface area contributed by atoms with Gasteiger partial charge in [0.15, 0.2) is 0 Å². The first-order valence-corrected chi connectivity index (χ1v) is 7.96.